The molecule has 1 amide bonds. The fourth-order valence-electron chi connectivity index (χ4n) is 1.86. The molecule has 1 aromatic rings. The summed E-state index contributed by atoms with van der Waals surface area (Å²) in [6.07, 6.45) is 0. The summed E-state index contributed by atoms with van der Waals surface area (Å²) in [6, 6.07) is 5.10. The second kappa shape index (κ2) is 5.27. The molecule has 0 fully saturated rings. The summed E-state index contributed by atoms with van der Waals surface area (Å²) < 4.78 is 0. The van der Waals surface area contributed by atoms with Gasteiger partial charge in [0.15, 0.2) is 0 Å². The van der Waals surface area contributed by atoms with E-state index in [-0.39, 0.29) is 5.91 Å². The zero-order valence-electron chi connectivity index (χ0n) is 11.3. The third kappa shape index (κ3) is 3.63. The fraction of sp³-hybridized carbons (Fsp3) is 0.462. The predicted molar refractivity (Wildman–Crippen MR) is 73.8 cm³/mol. The quantitative estimate of drug-likeness (QED) is 0.693. The number of carbonyl (C=O) groups excluding carboxylic acids is 1. The number of carbonyl (C=O) groups is 1. The molecule has 0 aliphatic carbocycles. The van der Waals surface area contributed by atoms with Gasteiger partial charge in [0, 0.05) is 26.3 Å². The van der Waals surface area contributed by atoms with Crippen LogP contribution < -0.4 is 16.0 Å². The van der Waals surface area contributed by atoms with Crippen molar-refractivity contribution in [1.29, 1.82) is 0 Å². The minimum Gasteiger partial charge on any atom is -0.399 e. The number of benzene rings is 1. The predicted octanol–water partition coefficient (Wildman–Crippen LogP) is 0.835. The molecule has 5 nitrogen and oxygen atoms in total. The van der Waals surface area contributed by atoms with Gasteiger partial charge in [0.25, 0.3) is 5.91 Å². The first-order valence-corrected chi connectivity index (χ1v) is 5.80. The maximum atomic E-state index is 11.8. The first-order valence-electron chi connectivity index (χ1n) is 5.80. The molecular formula is C13H21N3O2. The highest BCUT2D eigenvalue weighted by atomic mass is 16.3. The Labute approximate surface area is 108 Å². The summed E-state index contributed by atoms with van der Waals surface area (Å²) in [5.74, 6) is -0.174. The van der Waals surface area contributed by atoms with Crippen molar-refractivity contribution < 1.29 is 9.90 Å². The van der Waals surface area contributed by atoms with Gasteiger partial charge in [0.2, 0.25) is 0 Å². The van der Waals surface area contributed by atoms with Gasteiger partial charge < -0.3 is 21.1 Å². The summed E-state index contributed by atoms with van der Waals surface area (Å²) in [5.41, 5.74) is 6.73. The van der Waals surface area contributed by atoms with Crippen molar-refractivity contribution in [3.63, 3.8) is 0 Å². The number of amides is 1. The van der Waals surface area contributed by atoms with Crippen LogP contribution in [0.2, 0.25) is 0 Å². The highest BCUT2D eigenvalue weighted by Gasteiger charge is 2.20. The Balaban J connectivity index is 3.12. The van der Waals surface area contributed by atoms with Crippen LogP contribution in [0.5, 0.6) is 0 Å². The summed E-state index contributed by atoms with van der Waals surface area (Å²) in [4.78, 5) is 13.6. The van der Waals surface area contributed by atoms with E-state index in [1.807, 2.05) is 11.9 Å². The smallest absolute Gasteiger partial charge is 0.253 e. The number of nitrogen functional groups attached to an aromatic ring is 1. The lowest BCUT2D eigenvalue weighted by Crippen LogP contribution is -2.37. The van der Waals surface area contributed by atoms with Gasteiger partial charge in [0.05, 0.1) is 16.9 Å². The molecular weight excluding hydrogens is 230 g/mol. The number of rotatable bonds is 4. The molecule has 0 saturated heterocycles. The number of nitrogens with one attached hydrogen (secondary N) is 1. The van der Waals surface area contributed by atoms with Crippen molar-refractivity contribution in [2.45, 2.75) is 19.4 Å². The zero-order valence-corrected chi connectivity index (χ0v) is 11.3. The van der Waals surface area contributed by atoms with E-state index in [1.165, 1.54) is 0 Å². The van der Waals surface area contributed by atoms with Crippen LogP contribution in [0.1, 0.15) is 24.2 Å². The van der Waals surface area contributed by atoms with E-state index in [4.69, 9.17) is 5.73 Å². The molecule has 0 aromatic heterocycles. The normalized spacial score (nSPS) is 11.2. The van der Waals surface area contributed by atoms with E-state index in [9.17, 15) is 9.90 Å². The molecule has 0 bridgehead atoms. The third-order valence-electron chi connectivity index (χ3n) is 2.53. The highest BCUT2D eigenvalue weighted by molar-refractivity contribution is 6.00. The number of nitrogens with zero attached hydrogens (tertiary/aromatic N) is 1. The summed E-state index contributed by atoms with van der Waals surface area (Å²) in [5, 5.41) is 12.4. The van der Waals surface area contributed by atoms with Crippen molar-refractivity contribution >= 4 is 17.3 Å². The van der Waals surface area contributed by atoms with Crippen molar-refractivity contribution in [2.75, 3.05) is 31.3 Å². The maximum Gasteiger partial charge on any atom is 0.253 e. The van der Waals surface area contributed by atoms with Gasteiger partial charge in [-0.05, 0) is 32.0 Å². The largest absolute Gasteiger partial charge is 0.399 e. The van der Waals surface area contributed by atoms with Gasteiger partial charge in [-0.25, -0.2) is 0 Å². The van der Waals surface area contributed by atoms with Gasteiger partial charge in [-0.15, -0.1) is 0 Å². The Morgan fingerprint density at radius 2 is 2.11 bits per heavy atom. The molecule has 18 heavy (non-hydrogen) atoms. The van der Waals surface area contributed by atoms with E-state index in [2.05, 4.69) is 5.32 Å². The van der Waals surface area contributed by atoms with Crippen LogP contribution in [0.25, 0.3) is 0 Å². The molecule has 0 aliphatic heterocycles. The van der Waals surface area contributed by atoms with Crippen LogP contribution in [0, 0.1) is 0 Å². The first-order chi connectivity index (χ1) is 8.24. The molecule has 4 N–H and O–H groups in total. The molecule has 0 atom stereocenters. The number of hydrogen-bond acceptors (Lipinski definition) is 4. The molecule has 0 heterocycles. The molecule has 1 aromatic carbocycles. The number of anilines is 2. The van der Waals surface area contributed by atoms with Crippen molar-refractivity contribution in [3.8, 4) is 0 Å². The van der Waals surface area contributed by atoms with Gasteiger partial charge in [-0.2, -0.15) is 0 Å². The number of nitrogens with two attached hydrogens (primary N) is 1. The van der Waals surface area contributed by atoms with Crippen LogP contribution in [0.3, 0.4) is 0 Å². The topological polar surface area (TPSA) is 78.6 Å². The van der Waals surface area contributed by atoms with E-state index in [0.29, 0.717) is 23.5 Å². The van der Waals surface area contributed by atoms with Crippen molar-refractivity contribution in [3.05, 3.63) is 23.8 Å². The maximum absolute atomic E-state index is 11.8. The summed E-state index contributed by atoms with van der Waals surface area (Å²) in [7, 11) is 3.40. The lowest BCUT2D eigenvalue weighted by molar-refractivity contribution is 0.0880. The zero-order chi connectivity index (χ0) is 13.9. The van der Waals surface area contributed by atoms with Crippen molar-refractivity contribution in [2.24, 2.45) is 0 Å². The molecule has 0 unspecified atom stereocenters. The number of likely N-dealkylation sites (N-methyl/N-ethyl adjacent to an activating group) is 1. The molecule has 100 valence electrons. The minimum absolute atomic E-state index is 0.174. The lowest BCUT2D eigenvalue weighted by atomic mass is 10.1. The Morgan fingerprint density at radius 1 is 1.50 bits per heavy atom. The second-order valence-corrected chi connectivity index (χ2v) is 5.02. The summed E-state index contributed by atoms with van der Waals surface area (Å²) >= 11 is 0. The number of hydrogen-bond donors (Lipinski definition) is 3. The first kappa shape index (κ1) is 14.3. The van der Waals surface area contributed by atoms with E-state index < -0.39 is 5.60 Å². The van der Waals surface area contributed by atoms with Crippen LogP contribution in [-0.2, 0) is 0 Å². The highest BCUT2D eigenvalue weighted by Crippen LogP contribution is 2.24. The third-order valence-corrected chi connectivity index (χ3v) is 2.53. The van der Waals surface area contributed by atoms with E-state index >= 15 is 0 Å². The number of aliphatic hydroxyl groups is 1. The Kier molecular flexibility index (Phi) is 4.19. The fourth-order valence-corrected chi connectivity index (χ4v) is 1.86. The van der Waals surface area contributed by atoms with E-state index in [0.717, 1.165) is 0 Å². The monoisotopic (exact) mass is 251 g/mol. The molecule has 0 spiro atoms. The minimum atomic E-state index is -0.848. The molecule has 0 radical (unpaired) electrons. The van der Waals surface area contributed by atoms with E-state index in [1.54, 1.807) is 39.1 Å². The Hall–Kier alpha value is -1.75. The lowest BCUT2D eigenvalue weighted by Gasteiger charge is -2.28. The van der Waals surface area contributed by atoms with Crippen LogP contribution in [0.4, 0.5) is 11.4 Å². The van der Waals surface area contributed by atoms with Crippen LogP contribution in [-0.4, -0.2) is 37.3 Å². The molecule has 5 heteroatoms. The molecule has 0 saturated carbocycles. The van der Waals surface area contributed by atoms with Crippen molar-refractivity contribution in [1.82, 2.24) is 5.32 Å². The van der Waals surface area contributed by atoms with Crippen LogP contribution in [0.15, 0.2) is 18.2 Å². The summed E-state index contributed by atoms with van der Waals surface area (Å²) in [6.45, 7) is 3.84. The Morgan fingerprint density at radius 3 is 2.61 bits per heavy atom. The SMILES string of the molecule is CNC(=O)c1ccc(N)cc1N(C)CC(C)(C)O. The van der Waals surface area contributed by atoms with Gasteiger partial charge in [-0.1, -0.05) is 0 Å². The van der Waals surface area contributed by atoms with Crippen LogP contribution >= 0.6 is 0 Å². The average molecular weight is 251 g/mol. The molecule has 1 rings (SSSR count). The van der Waals surface area contributed by atoms with Gasteiger partial charge in [-0.3, -0.25) is 4.79 Å². The molecule has 0 aliphatic rings. The van der Waals surface area contributed by atoms with Gasteiger partial charge >= 0.3 is 0 Å². The Bertz CT molecular complexity index is 438. The second-order valence-electron chi connectivity index (χ2n) is 5.02. The van der Waals surface area contributed by atoms with Gasteiger partial charge in [0.1, 0.15) is 0 Å². The average Bonchev–Trinajstić information content (AvgIpc) is 2.25. The standard InChI is InChI=1S/C13H21N3O2/c1-13(2,18)8-16(4)11-7-9(14)5-6-10(11)12(17)15-3/h5-7,18H,8,14H2,1-4H3,(H,15,17).